The molecule has 1 aliphatic rings. The lowest BCUT2D eigenvalue weighted by Gasteiger charge is -2.21. The summed E-state index contributed by atoms with van der Waals surface area (Å²) >= 11 is 0. The molecule has 2 aromatic heterocycles. The van der Waals surface area contributed by atoms with Gasteiger partial charge in [0.1, 0.15) is 0 Å². The maximum absolute atomic E-state index is 12.4. The van der Waals surface area contributed by atoms with Crippen LogP contribution in [0.1, 0.15) is 35.1 Å². The van der Waals surface area contributed by atoms with Crippen molar-refractivity contribution in [3.63, 3.8) is 0 Å². The van der Waals surface area contributed by atoms with E-state index in [9.17, 15) is 9.90 Å². The number of hydrogen-bond acceptors (Lipinski definition) is 5. The highest BCUT2D eigenvalue weighted by Crippen LogP contribution is 2.24. The van der Waals surface area contributed by atoms with Crippen LogP contribution in [0.4, 0.5) is 0 Å². The number of aliphatic hydroxyl groups is 1. The Morgan fingerprint density at radius 2 is 2.24 bits per heavy atom. The maximum atomic E-state index is 12.4. The topological polar surface area (TPSA) is 84.4 Å². The van der Waals surface area contributed by atoms with E-state index in [1.807, 2.05) is 10.8 Å². The second-order valence-electron chi connectivity index (χ2n) is 5.28. The van der Waals surface area contributed by atoms with Crippen molar-refractivity contribution in [1.29, 1.82) is 0 Å². The molecule has 0 radical (unpaired) electrons. The number of hydrogen-bond donors (Lipinski definition) is 1. The molecule has 1 saturated heterocycles. The minimum absolute atomic E-state index is 0.0545. The molecule has 0 aliphatic carbocycles. The zero-order chi connectivity index (χ0) is 14.8. The molecule has 21 heavy (non-hydrogen) atoms. The van der Waals surface area contributed by atoms with E-state index in [1.165, 1.54) is 6.39 Å². The molecule has 2 aromatic rings. The number of likely N-dealkylation sites (tertiary alicyclic amines) is 1. The minimum atomic E-state index is -0.493. The van der Waals surface area contributed by atoms with Crippen LogP contribution in [0, 0.1) is 6.92 Å². The van der Waals surface area contributed by atoms with Gasteiger partial charge in [-0.15, -0.1) is 0 Å². The first-order chi connectivity index (χ1) is 10.2. The minimum Gasteiger partial charge on any atom is -0.438 e. The number of aryl methyl sites for hydroxylation is 1. The van der Waals surface area contributed by atoms with Crippen molar-refractivity contribution in [2.45, 2.75) is 31.9 Å². The fourth-order valence-corrected chi connectivity index (χ4v) is 2.74. The van der Waals surface area contributed by atoms with Gasteiger partial charge in [-0.25, -0.2) is 9.97 Å². The van der Waals surface area contributed by atoms with Gasteiger partial charge in [0.25, 0.3) is 5.91 Å². The fourth-order valence-electron chi connectivity index (χ4n) is 2.74. The van der Waals surface area contributed by atoms with E-state index in [0.717, 1.165) is 0 Å². The van der Waals surface area contributed by atoms with Gasteiger partial charge in [0, 0.05) is 25.5 Å². The molecule has 2 atom stereocenters. The third kappa shape index (κ3) is 2.69. The summed E-state index contributed by atoms with van der Waals surface area (Å²) < 4.78 is 7.07. The molecule has 3 heterocycles. The number of aliphatic hydroxyl groups excluding tert-OH is 1. The van der Waals surface area contributed by atoms with Crippen LogP contribution in [0.15, 0.2) is 29.5 Å². The van der Waals surface area contributed by atoms with E-state index in [0.29, 0.717) is 31.6 Å². The van der Waals surface area contributed by atoms with Crippen molar-refractivity contribution in [3.05, 3.63) is 36.6 Å². The fraction of sp³-hybridized carbons (Fsp3) is 0.500. The molecular weight excluding hydrogens is 272 g/mol. The van der Waals surface area contributed by atoms with Crippen molar-refractivity contribution in [2.75, 3.05) is 13.1 Å². The van der Waals surface area contributed by atoms with Gasteiger partial charge in [-0.2, -0.15) is 0 Å². The van der Waals surface area contributed by atoms with Gasteiger partial charge in [0.15, 0.2) is 6.39 Å². The van der Waals surface area contributed by atoms with Gasteiger partial charge in [0.2, 0.25) is 5.76 Å². The van der Waals surface area contributed by atoms with Gasteiger partial charge < -0.3 is 19.0 Å². The number of carbonyl (C=O) groups excluding carboxylic acids is 1. The van der Waals surface area contributed by atoms with Crippen LogP contribution in [0.3, 0.4) is 0 Å². The second-order valence-corrected chi connectivity index (χ2v) is 5.28. The molecule has 7 nitrogen and oxygen atoms in total. The second kappa shape index (κ2) is 5.69. The molecule has 0 spiro atoms. The molecule has 1 aliphatic heterocycles. The molecular formula is C14H18N4O3. The summed E-state index contributed by atoms with van der Waals surface area (Å²) in [6.07, 6.45) is 7.23. The van der Waals surface area contributed by atoms with Gasteiger partial charge in [0.05, 0.1) is 24.2 Å². The van der Waals surface area contributed by atoms with Crippen LogP contribution in [0.2, 0.25) is 0 Å². The Labute approximate surface area is 122 Å². The van der Waals surface area contributed by atoms with Crippen molar-refractivity contribution in [3.8, 4) is 0 Å². The van der Waals surface area contributed by atoms with E-state index < -0.39 is 6.10 Å². The zero-order valence-electron chi connectivity index (χ0n) is 11.8. The van der Waals surface area contributed by atoms with E-state index in [4.69, 9.17) is 4.42 Å². The molecule has 0 bridgehead atoms. The van der Waals surface area contributed by atoms with Crippen LogP contribution >= 0.6 is 0 Å². The van der Waals surface area contributed by atoms with Crippen LogP contribution in [0.5, 0.6) is 0 Å². The molecule has 3 rings (SSSR count). The van der Waals surface area contributed by atoms with Crippen molar-refractivity contribution in [1.82, 2.24) is 19.4 Å². The lowest BCUT2D eigenvalue weighted by atomic mass is 10.1. The smallest absolute Gasteiger partial charge is 0.291 e. The monoisotopic (exact) mass is 290 g/mol. The van der Waals surface area contributed by atoms with Crippen molar-refractivity contribution in [2.24, 2.45) is 0 Å². The third-order valence-corrected chi connectivity index (χ3v) is 3.97. The highest BCUT2D eigenvalue weighted by Gasteiger charge is 2.29. The summed E-state index contributed by atoms with van der Waals surface area (Å²) in [5, 5.41) is 10.3. The highest BCUT2D eigenvalue weighted by atomic mass is 16.3. The summed E-state index contributed by atoms with van der Waals surface area (Å²) in [7, 11) is 0. The van der Waals surface area contributed by atoms with E-state index in [2.05, 4.69) is 9.97 Å². The van der Waals surface area contributed by atoms with Gasteiger partial charge in [-0.3, -0.25) is 4.79 Å². The molecule has 0 unspecified atom stereocenters. The van der Waals surface area contributed by atoms with Crippen LogP contribution in [-0.4, -0.2) is 49.6 Å². The maximum Gasteiger partial charge on any atom is 0.291 e. The van der Waals surface area contributed by atoms with Crippen LogP contribution < -0.4 is 0 Å². The number of imidazole rings is 1. The van der Waals surface area contributed by atoms with Gasteiger partial charge in [-0.1, -0.05) is 0 Å². The van der Waals surface area contributed by atoms with E-state index >= 15 is 0 Å². The Hall–Kier alpha value is -2.15. The molecule has 0 saturated carbocycles. The predicted molar refractivity (Wildman–Crippen MR) is 73.6 cm³/mol. The number of oxazole rings is 1. The average Bonchev–Trinajstić information content (AvgIpc) is 3.09. The Balaban J connectivity index is 1.73. The first-order valence-electron chi connectivity index (χ1n) is 7.01. The highest BCUT2D eigenvalue weighted by molar-refractivity contribution is 5.92. The Morgan fingerprint density at radius 1 is 1.43 bits per heavy atom. The molecule has 112 valence electrons. The standard InChI is InChI=1S/C14H18N4O3/c1-10-13(21-9-16-10)14(20)17-5-2-11(12(19)3-6-17)18-7-4-15-8-18/h4,7-9,11-12,19H,2-3,5-6H2,1H3/t11-,12-/m0/s1. The molecule has 0 aromatic carbocycles. The SMILES string of the molecule is Cc1ncoc1C(=O)N1CC[C@H](O)[C@@H](n2ccnc2)CC1. The molecule has 1 fully saturated rings. The van der Waals surface area contributed by atoms with Gasteiger partial charge >= 0.3 is 0 Å². The van der Waals surface area contributed by atoms with Gasteiger partial charge in [-0.05, 0) is 19.8 Å². The zero-order valence-corrected chi connectivity index (χ0v) is 11.8. The molecule has 7 heteroatoms. The lowest BCUT2D eigenvalue weighted by molar-refractivity contribution is 0.0719. The molecule has 1 amide bonds. The first-order valence-corrected chi connectivity index (χ1v) is 7.01. The van der Waals surface area contributed by atoms with Crippen molar-refractivity contribution >= 4 is 5.91 Å². The Bertz CT molecular complexity index is 608. The summed E-state index contributed by atoms with van der Waals surface area (Å²) in [5.74, 6) is 0.119. The quantitative estimate of drug-likeness (QED) is 0.892. The number of aromatic nitrogens is 3. The Morgan fingerprint density at radius 3 is 2.90 bits per heavy atom. The number of amides is 1. The average molecular weight is 290 g/mol. The summed E-state index contributed by atoms with van der Waals surface area (Å²) in [6, 6.07) is -0.0545. The summed E-state index contributed by atoms with van der Waals surface area (Å²) in [4.78, 5) is 22.1. The number of nitrogens with zero attached hydrogens (tertiary/aromatic N) is 4. The largest absolute Gasteiger partial charge is 0.438 e. The van der Waals surface area contributed by atoms with Crippen LogP contribution in [0.25, 0.3) is 0 Å². The van der Waals surface area contributed by atoms with Crippen molar-refractivity contribution < 1.29 is 14.3 Å². The number of rotatable bonds is 2. The normalized spacial score (nSPS) is 23.0. The molecule has 1 N–H and O–H groups in total. The number of carbonyl (C=O) groups is 1. The summed E-state index contributed by atoms with van der Waals surface area (Å²) in [6.45, 7) is 2.82. The van der Waals surface area contributed by atoms with E-state index in [-0.39, 0.29) is 17.7 Å². The third-order valence-electron chi connectivity index (χ3n) is 3.97. The van der Waals surface area contributed by atoms with E-state index in [1.54, 1.807) is 24.3 Å². The lowest BCUT2D eigenvalue weighted by Crippen LogP contribution is -2.32. The first kappa shape index (κ1) is 13.8. The summed E-state index contributed by atoms with van der Waals surface area (Å²) in [5.41, 5.74) is 0.593. The van der Waals surface area contributed by atoms with Crippen LogP contribution in [-0.2, 0) is 0 Å². The predicted octanol–water partition coefficient (Wildman–Crippen LogP) is 1.02. The Kier molecular flexibility index (Phi) is 3.74.